The van der Waals surface area contributed by atoms with Gasteiger partial charge in [0.15, 0.2) is 52.4 Å². The van der Waals surface area contributed by atoms with E-state index < -0.39 is 0 Å². The zero-order valence-corrected chi connectivity index (χ0v) is 78.3. The molecule has 0 aliphatic heterocycles. The molecule has 0 N–H and O–H groups in total. The Morgan fingerprint density at radius 2 is 0.376 bits per heavy atom. The number of hydrogen-bond acceptors (Lipinski definition) is 12. The van der Waals surface area contributed by atoms with E-state index in [4.69, 9.17) is 44.9 Å². The summed E-state index contributed by atoms with van der Waals surface area (Å²) in [6.07, 6.45) is 0. The number of thiophene rings is 3. The maximum atomic E-state index is 5.21. The normalized spacial score (nSPS) is 11.5. The fourth-order valence-corrected chi connectivity index (χ4v) is 23.4. The molecule has 0 amide bonds. The molecule has 28 aromatic rings. The summed E-state index contributed by atoms with van der Waals surface area (Å²) >= 11 is 5.50. The Bertz CT molecular complexity index is 9590. The molecule has 0 fully saturated rings. The van der Waals surface area contributed by atoms with E-state index in [1.807, 2.05) is 82.5 Å². The Morgan fingerprint density at radius 3 is 0.851 bits per heavy atom. The van der Waals surface area contributed by atoms with Crippen molar-refractivity contribution in [2.45, 2.75) is 0 Å². The minimum atomic E-state index is 0.649. The van der Waals surface area contributed by atoms with Gasteiger partial charge in [-0.15, -0.1) is 34.0 Å². The van der Waals surface area contributed by atoms with Gasteiger partial charge in [0, 0.05) is 116 Å². The molecule has 0 aliphatic rings. The van der Waals surface area contributed by atoms with Gasteiger partial charge >= 0.3 is 0 Å². The first kappa shape index (κ1) is 83.7. The van der Waals surface area contributed by atoms with Crippen molar-refractivity contribution in [3.05, 3.63) is 479 Å². The predicted octanol–water partition coefficient (Wildman–Crippen LogP) is 35.3. The number of rotatable bonds is 13. The summed E-state index contributed by atoms with van der Waals surface area (Å²) in [7, 11) is 0. The predicted molar refractivity (Wildman–Crippen MR) is 594 cm³/mol. The van der Waals surface area contributed by atoms with Gasteiger partial charge in [0.05, 0.1) is 0 Å². The lowest BCUT2D eigenvalue weighted by Crippen LogP contribution is -2.00. The molecule has 0 spiro atoms. The van der Waals surface area contributed by atoms with Crippen LogP contribution >= 0.6 is 34.0 Å². The van der Waals surface area contributed by atoms with E-state index >= 15 is 0 Å². The molecule has 6 aromatic heterocycles. The molecule has 22 aromatic carbocycles. The lowest BCUT2D eigenvalue weighted by atomic mass is 9.93. The van der Waals surface area contributed by atoms with Crippen LogP contribution in [0.25, 0.3) is 272 Å². The fraction of sp³-hybridized carbons (Fsp3) is 0. The molecular weight excluding hydrogens is 1770 g/mol. The number of aromatic nitrogens is 9. The van der Waals surface area contributed by atoms with Crippen molar-refractivity contribution < 1.29 is 0 Å². The monoisotopic (exact) mass is 1850 g/mol. The van der Waals surface area contributed by atoms with Crippen LogP contribution in [0.3, 0.4) is 0 Å². The first-order valence-electron chi connectivity index (χ1n) is 47.2. The summed E-state index contributed by atoms with van der Waals surface area (Å²) < 4.78 is 7.70. The molecule has 12 heteroatoms. The second kappa shape index (κ2) is 36.0. The SMILES string of the molecule is c1ccc(-c2ccc(-c3nc(-c4ccc(-c5ccccc5)cc4)nc(-c4ccc5ccc6sc7ccccc7c6c5c4)n3)cc2)cc1.c1ccc(-c2nc(-c3ccc(-c4ccccc4-c4ccccc4)cc3)nc(-c3cccc4ccc5sc6ccccc6c5c34)n2)cc1.c1ccc(-c2nc(-c3ccc4c5ccccc5c5ccccc5c4c3)nc(-c3cccc4c3ccc3sc5ccccc5c34)n2)cc1. The molecule has 0 saturated heterocycles. The van der Waals surface area contributed by atoms with Crippen LogP contribution in [0, 0.1) is 0 Å². The number of hydrogen-bond donors (Lipinski definition) is 0. The Hall–Kier alpha value is -17.9. The van der Waals surface area contributed by atoms with Gasteiger partial charge in [-0.25, -0.2) is 44.9 Å². The smallest absolute Gasteiger partial charge is 0.164 e. The third-order valence-corrected chi connectivity index (χ3v) is 30.2. The van der Waals surface area contributed by atoms with Crippen molar-refractivity contribution in [3.63, 3.8) is 0 Å². The summed E-state index contributed by atoms with van der Waals surface area (Å²) in [6, 6.07) is 169. The Labute approximate surface area is 823 Å². The van der Waals surface area contributed by atoms with E-state index in [0.29, 0.717) is 52.4 Å². The average Bonchev–Trinajstić information content (AvgIpc) is 1.62. The molecule has 0 saturated carbocycles. The van der Waals surface area contributed by atoms with E-state index in [2.05, 4.69) is 431 Å². The minimum absolute atomic E-state index is 0.649. The molecule has 0 aliphatic carbocycles. The molecule has 0 bridgehead atoms. The van der Waals surface area contributed by atoms with Gasteiger partial charge in [0.25, 0.3) is 0 Å². The summed E-state index contributed by atoms with van der Waals surface area (Å²) in [5.41, 5.74) is 18.1. The molecular formula is C129H79N9S3. The highest BCUT2D eigenvalue weighted by Gasteiger charge is 2.24. The number of benzene rings is 22. The molecule has 141 heavy (non-hydrogen) atoms. The Morgan fingerprint density at radius 1 is 0.113 bits per heavy atom. The van der Waals surface area contributed by atoms with Gasteiger partial charge in [0.2, 0.25) is 0 Å². The van der Waals surface area contributed by atoms with Crippen molar-refractivity contribution in [2.24, 2.45) is 0 Å². The Kier molecular flexibility index (Phi) is 21.3. The zero-order valence-electron chi connectivity index (χ0n) is 75.9. The van der Waals surface area contributed by atoms with E-state index in [-0.39, 0.29) is 0 Å². The van der Waals surface area contributed by atoms with E-state index in [9.17, 15) is 0 Å². The molecule has 6 heterocycles. The highest BCUT2D eigenvalue weighted by Crippen LogP contribution is 2.48. The number of nitrogens with zero attached hydrogens (tertiary/aromatic N) is 9. The molecule has 0 atom stereocenters. The van der Waals surface area contributed by atoms with Crippen LogP contribution in [-0.2, 0) is 0 Å². The summed E-state index contributed by atoms with van der Waals surface area (Å²) in [5.74, 6) is 5.91. The lowest BCUT2D eigenvalue weighted by Gasteiger charge is -2.13. The molecule has 0 unspecified atom stereocenters. The van der Waals surface area contributed by atoms with Crippen molar-refractivity contribution >= 4 is 159 Å². The van der Waals surface area contributed by atoms with Gasteiger partial charge in [0.1, 0.15) is 0 Å². The fourth-order valence-electron chi connectivity index (χ4n) is 20.0. The lowest BCUT2D eigenvalue weighted by molar-refractivity contribution is 1.07. The molecule has 658 valence electrons. The van der Waals surface area contributed by atoms with Crippen molar-refractivity contribution in [1.82, 2.24) is 44.9 Å². The van der Waals surface area contributed by atoms with Crippen LogP contribution in [0.15, 0.2) is 479 Å². The third kappa shape index (κ3) is 15.7. The highest BCUT2D eigenvalue weighted by molar-refractivity contribution is 7.27. The molecule has 9 nitrogen and oxygen atoms in total. The first-order valence-corrected chi connectivity index (χ1v) is 49.6. The topological polar surface area (TPSA) is 116 Å². The standard InChI is InChI=1S/C43H25N3S.2C43H27N3S/c1-2-11-26(12-3-1)41-44-42(27-21-22-32-30-15-5-4-13-28(30)29-14-6-7-16-31(29)37(32)25-27)46-43(45-41)35-19-10-18-34-33(35)23-24-39-40(34)36-17-8-9-20-38(36)47-39;1-3-12-28(13-4-1)33-17-7-8-18-34(33)29-22-24-32(25-23-29)42-44-41(31-14-5-2-6-15-31)45-43(46-42)36-20-11-16-30-26-27-38-40(39(30)36)35-19-9-10-21-37(35)47-38;1-3-9-28(10-4-1)30-15-20-33(21-16-30)41-44-42(34-22-17-31(18-23-34)29-11-5-2-6-12-29)46-43(45-41)35-24-19-32-25-26-39-40(37(32)27-35)36-13-7-8-14-38(36)47-39/h1-25H;2*1-27H. The third-order valence-electron chi connectivity index (χ3n) is 26.8. The van der Waals surface area contributed by atoms with Crippen molar-refractivity contribution in [2.75, 3.05) is 0 Å². The average molecular weight is 1850 g/mol. The quantitative estimate of drug-likeness (QED) is 0.104. The van der Waals surface area contributed by atoms with E-state index in [0.717, 1.165) is 72.1 Å². The van der Waals surface area contributed by atoms with Crippen LogP contribution in [-0.4, -0.2) is 44.9 Å². The second-order valence-electron chi connectivity index (χ2n) is 35.2. The summed E-state index contributed by atoms with van der Waals surface area (Å²) in [6.45, 7) is 0. The number of fused-ring (bicyclic) bond motifs is 21. The second-order valence-corrected chi connectivity index (χ2v) is 38.5. The minimum Gasteiger partial charge on any atom is -0.208 e. The van der Waals surface area contributed by atoms with Gasteiger partial charge in [-0.1, -0.05) is 431 Å². The zero-order chi connectivity index (χ0) is 93.2. The summed E-state index contributed by atoms with van der Waals surface area (Å²) in [5, 5.41) is 22.1. The van der Waals surface area contributed by atoms with Crippen molar-refractivity contribution in [3.8, 4) is 147 Å². The van der Waals surface area contributed by atoms with Crippen LogP contribution in [0.4, 0.5) is 0 Å². The maximum Gasteiger partial charge on any atom is 0.164 e. The Balaban J connectivity index is 0.000000109. The highest BCUT2D eigenvalue weighted by atomic mass is 32.1. The van der Waals surface area contributed by atoms with Crippen molar-refractivity contribution in [1.29, 1.82) is 0 Å². The largest absolute Gasteiger partial charge is 0.208 e. The molecule has 28 rings (SSSR count). The van der Waals surface area contributed by atoms with Crippen LogP contribution in [0.2, 0.25) is 0 Å². The van der Waals surface area contributed by atoms with Gasteiger partial charge in [-0.3, -0.25) is 0 Å². The van der Waals surface area contributed by atoms with Gasteiger partial charge < -0.3 is 0 Å². The molecule has 0 radical (unpaired) electrons. The van der Waals surface area contributed by atoms with E-state index in [1.54, 1.807) is 0 Å². The first-order chi connectivity index (χ1) is 69.9. The van der Waals surface area contributed by atoms with Gasteiger partial charge in [-0.05, 0) is 152 Å². The van der Waals surface area contributed by atoms with E-state index in [1.165, 1.54) is 148 Å². The van der Waals surface area contributed by atoms with Gasteiger partial charge in [-0.2, -0.15) is 0 Å². The van der Waals surface area contributed by atoms with Crippen LogP contribution < -0.4 is 0 Å². The van der Waals surface area contributed by atoms with Crippen LogP contribution in [0.5, 0.6) is 0 Å². The maximum absolute atomic E-state index is 5.21. The summed E-state index contributed by atoms with van der Waals surface area (Å²) in [4.78, 5) is 45.9. The van der Waals surface area contributed by atoms with Crippen LogP contribution in [0.1, 0.15) is 0 Å².